The number of rotatable bonds is 4. The zero-order valence-corrected chi connectivity index (χ0v) is 11.3. The van der Waals surface area contributed by atoms with Crippen LogP contribution in [0.1, 0.15) is 13.8 Å². The van der Waals surface area contributed by atoms with E-state index in [2.05, 4.69) is 0 Å². The molecule has 2 aromatic rings. The van der Waals surface area contributed by atoms with Crippen molar-refractivity contribution < 1.29 is 13.9 Å². The molecule has 0 saturated carbocycles. The lowest BCUT2D eigenvalue weighted by atomic mass is 10.0. The Bertz CT molecular complexity index is 564. The Balaban J connectivity index is 2.52. The SMILES string of the molecule is COc1ccc(F)c(-c2ccccc2OC(C)C)c1. The van der Waals surface area contributed by atoms with Crippen molar-refractivity contribution in [2.24, 2.45) is 0 Å². The van der Waals surface area contributed by atoms with Crippen molar-refractivity contribution in [1.29, 1.82) is 0 Å². The van der Waals surface area contributed by atoms with Gasteiger partial charge >= 0.3 is 0 Å². The van der Waals surface area contributed by atoms with E-state index in [4.69, 9.17) is 9.47 Å². The summed E-state index contributed by atoms with van der Waals surface area (Å²) in [5.74, 6) is 1.00. The molecule has 0 atom stereocenters. The van der Waals surface area contributed by atoms with Crippen LogP contribution in [0.3, 0.4) is 0 Å². The third-order valence-corrected chi connectivity index (χ3v) is 2.71. The molecule has 0 aliphatic heterocycles. The second kappa shape index (κ2) is 5.74. The average Bonchev–Trinajstić information content (AvgIpc) is 2.40. The van der Waals surface area contributed by atoms with Gasteiger partial charge in [-0.3, -0.25) is 0 Å². The van der Waals surface area contributed by atoms with Gasteiger partial charge in [-0.2, -0.15) is 0 Å². The molecule has 100 valence electrons. The molecule has 2 aromatic carbocycles. The molecule has 0 saturated heterocycles. The molecule has 0 fully saturated rings. The van der Waals surface area contributed by atoms with Crippen molar-refractivity contribution in [2.75, 3.05) is 7.11 Å². The maximum absolute atomic E-state index is 14.0. The zero-order valence-electron chi connectivity index (χ0n) is 11.3. The molecular weight excluding hydrogens is 243 g/mol. The fourth-order valence-corrected chi connectivity index (χ4v) is 1.88. The molecule has 19 heavy (non-hydrogen) atoms. The van der Waals surface area contributed by atoms with Gasteiger partial charge in [0.05, 0.1) is 13.2 Å². The van der Waals surface area contributed by atoms with Gasteiger partial charge in [-0.25, -0.2) is 4.39 Å². The lowest BCUT2D eigenvalue weighted by Gasteiger charge is -2.15. The summed E-state index contributed by atoms with van der Waals surface area (Å²) in [6.07, 6.45) is 0.0369. The molecule has 0 spiro atoms. The predicted octanol–water partition coefficient (Wildman–Crippen LogP) is 4.29. The molecule has 0 heterocycles. The maximum atomic E-state index is 14.0. The van der Waals surface area contributed by atoms with E-state index in [0.29, 0.717) is 17.1 Å². The summed E-state index contributed by atoms with van der Waals surface area (Å²) in [7, 11) is 1.56. The molecule has 0 aliphatic rings. The standard InChI is InChI=1S/C16H17FO2/c1-11(2)19-16-7-5-4-6-13(16)14-10-12(18-3)8-9-15(14)17/h4-11H,1-3H3. The van der Waals surface area contributed by atoms with Crippen LogP contribution in [0.4, 0.5) is 4.39 Å². The van der Waals surface area contributed by atoms with Crippen LogP contribution in [-0.4, -0.2) is 13.2 Å². The molecule has 2 rings (SSSR count). The minimum atomic E-state index is -0.291. The lowest BCUT2D eigenvalue weighted by Crippen LogP contribution is -2.06. The smallest absolute Gasteiger partial charge is 0.131 e. The van der Waals surface area contributed by atoms with Crippen LogP contribution in [0.5, 0.6) is 11.5 Å². The quantitative estimate of drug-likeness (QED) is 0.816. The summed E-state index contributed by atoms with van der Waals surface area (Å²) < 4.78 is 24.9. The summed E-state index contributed by atoms with van der Waals surface area (Å²) in [6, 6.07) is 12.1. The monoisotopic (exact) mass is 260 g/mol. The summed E-state index contributed by atoms with van der Waals surface area (Å²) in [5.41, 5.74) is 1.21. The van der Waals surface area contributed by atoms with Gasteiger partial charge < -0.3 is 9.47 Å². The Kier molecular flexibility index (Phi) is 4.05. The van der Waals surface area contributed by atoms with Crippen LogP contribution in [0.25, 0.3) is 11.1 Å². The Morgan fingerprint density at radius 2 is 1.74 bits per heavy atom. The van der Waals surface area contributed by atoms with Crippen LogP contribution in [0.2, 0.25) is 0 Å². The fourth-order valence-electron chi connectivity index (χ4n) is 1.88. The minimum Gasteiger partial charge on any atom is -0.497 e. The highest BCUT2D eigenvalue weighted by Crippen LogP contribution is 2.34. The van der Waals surface area contributed by atoms with Crippen molar-refractivity contribution in [2.45, 2.75) is 20.0 Å². The van der Waals surface area contributed by atoms with E-state index >= 15 is 0 Å². The fraction of sp³-hybridized carbons (Fsp3) is 0.250. The van der Waals surface area contributed by atoms with E-state index in [9.17, 15) is 4.39 Å². The van der Waals surface area contributed by atoms with Crippen molar-refractivity contribution in [3.05, 3.63) is 48.3 Å². The molecule has 0 radical (unpaired) electrons. The van der Waals surface area contributed by atoms with E-state index < -0.39 is 0 Å². The number of halogens is 1. The molecule has 0 aliphatic carbocycles. The molecule has 0 N–H and O–H groups in total. The summed E-state index contributed by atoms with van der Waals surface area (Å²) in [5, 5.41) is 0. The van der Waals surface area contributed by atoms with Gasteiger partial charge in [0.25, 0.3) is 0 Å². The van der Waals surface area contributed by atoms with E-state index in [1.807, 2.05) is 38.1 Å². The third-order valence-electron chi connectivity index (χ3n) is 2.71. The summed E-state index contributed by atoms with van der Waals surface area (Å²) in [4.78, 5) is 0. The van der Waals surface area contributed by atoms with E-state index in [0.717, 1.165) is 5.56 Å². The molecule has 0 unspecified atom stereocenters. The summed E-state index contributed by atoms with van der Waals surface area (Å²) >= 11 is 0. The van der Waals surface area contributed by atoms with E-state index in [1.165, 1.54) is 6.07 Å². The molecule has 0 bridgehead atoms. The van der Waals surface area contributed by atoms with E-state index in [1.54, 1.807) is 19.2 Å². The summed E-state index contributed by atoms with van der Waals surface area (Å²) in [6.45, 7) is 3.89. The number of para-hydroxylation sites is 1. The first-order valence-corrected chi connectivity index (χ1v) is 6.21. The first-order chi connectivity index (χ1) is 9.11. The third kappa shape index (κ3) is 3.05. The Morgan fingerprint density at radius 1 is 1.00 bits per heavy atom. The zero-order chi connectivity index (χ0) is 13.8. The van der Waals surface area contributed by atoms with Crippen LogP contribution >= 0.6 is 0 Å². The molecular formula is C16H17FO2. The minimum absolute atomic E-state index is 0.0369. The molecule has 0 aromatic heterocycles. The van der Waals surface area contributed by atoms with Gasteiger partial charge in [-0.1, -0.05) is 18.2 Å². The van der Waals surface area contributed by atoms with Gasteiger partial charge in [0.15, 0.2) is 0 Å². The Morgan fingerprint density at radius 3 is 2.42 bits per heavy atom. The first kappa shape index (κ1) is 13.4. The van der Waals surface area contributed by atoms with Crippen molar-refractivity contribution in [3.63, 3.8) is 0 Å². The number of hydrogen-bond donors (Lipinski definition) is 0. The van der Waals surface area contributed by atoms with Gasteiger partial charge in [0.2, 0.25) is 0 Å². The average molecular weight is 260 g/mol. The van der Waals surface area contributed by atoms with Crippen molar-refractivity contribution in [1.82, 2.24) is 0 Å². The van der Waals surface area contributed by atoms with Crippen molar-refractivity contribution in [3.8, 4) is 22.6 Å². The number of ether oxygens (including phenoxy) is 2. The maximum Gasteiger partial charge on any atom is 0.131 e. The van der Waals surface area contributed by atoms with Gasteiger partial charge in [-0.15, -0.1) is 0 Å². The normalized spacial score (nSPS) is 10.6. The first-order valence-electron chi connectivity index (χ1n) is 6.21. The van der Waals surface area contributed by atoms with Crippen LogP contribution in [0, 0.1) is 5.82 Å². The van der Waals surface area contributed by atoms with Gasteiger partial charge in [-0.05, 0) is 38.1 Å². The number of methoxy groups -OCH3 is 1. The predicted molar refractivity (Wildman–Crippen MR) is 74.2 cm³/mol. The van der Waals surface area contributed by atoms with Crippen LogP contribution in [0.15, 0.2) is 42.5 Å². The van der Waals surface area contributed by atoms with Gasteiger partial charge in [0, 0.05) is 11.1 Å². The molecule has 3 heteroatoms. The van der Waals surface area contributed by atoms with Gasteiger partial charge in [0.1, 0.15) is 17.3 Å². The molecule has 0 amide bonds. The highest BCUT2D eigenvalue weighted by molar-refractivity contribution is 5.72. The Labute approximate surface area is 112 Å². The number of hydrogen-bond acceptors (Lipinski definition) is 2. The topological polar surface area (TPSA) is 18.5 Å². The largest absolute Gasteiger partial charge is 0.497 e. The second-order valence-corrected chi connectivity index (χ2v) is 4.51. The van der Waals surface area contributed by atoms with Crippen LogP contribution in [-0.2, 0) is 0 Å². The second-order valence-electron chi connectivity index (χ2n) is 4.51. The molecule has 2 nitrogen and oxygen atoms in total. The van der Waals surface area contributed by atoms with Crippen molar-refractivity contribution >= 4 is 0 Å². The van der Waals surface area contributed by atoms with E-state index in [-0.39, 0.29) is 11.9 Å². The highest BCUT2D eigenvalue weighted by atomic mass is 19.1. The lowest BCUT2D eigenvalue weighted by molar-refractivity contribution is 0.243. The van der Waals surface area contributed by atoms with Crippen LogP contribution < -0.4 is 9.47 Å². The number of benzene rings is 2. The Hall–Kier alpha value is -2.03. The highest BCUT2D eigenvalue weighted by Gasteiger charge is 2.12.